The van der Waals surface area contributed by atoms with E-state index in [0.29, 0.717) is 31.4 Å². The number of nitrogens with one attached hydrogen (secondary N) is 4. The highest BCUT2D eigenvalue weighted by Gasteiger charge is 2.33. The molecule has 0 bridgehead atoms. The molecule has 0 aliphatic rings. The zero-order valence-electron chi connectivity index (χ0n) is 29.2. The first-order valence-corrected chi connectivity index (χ1v) is 19.2. The van der Waals surface area contributed by atoms with Crippen molar-refractivity contribution in [2.24, 2.45) is 11.8 Å². The zero-order valence-corrected chi connectivity index (χ0v) is 30.1. The molecule has 0 aliphatic carbocycles. The van der Waals surface area contributed by atoms with Gasteiger partial charge in [0, 0.05) is 17.8 Å². The van der Waals surface area contributed by atoms with E-state index in [-0.39, 0.29) is 24.9 Å². The minimum atomic E-state index is -4.12. The summed E-state index contributed by atoms with van der Waals surface area (Å²) < 4.78 is 18.8. The van der Waals surface area contributed by atoms with Gasteiger partial charge in [0.05, 0.1) is 6.29 Å². The molecule has 0 saturated carbocycles. The molecule has 0 radical (unpaired) electrons. The molecule has 3 aromatic rings. The Morgan fingerprint density at radius 1 is 0.760 bits per heavy atom. The van der Waals surface area contributed by atoms with Crippen LogP contribution in [0.15, 0.2) is 91.0 Å². The predicted molar refractivity (Wildman–Crippen MR) is 195 cm³/mol. The number of unbranched alkanes of at least 4 members (excludes halogenated alkanes) is 1. The zero-order chi connectivity index (χ0) is 36.4. The van der Waals surface area contributed by atoms with Crippen molar-refractivity contribution in [2.75, 3.05) is 17.8 Å². The molecule has 4 atom stereocenters. The molecule has 0 heterocycles. The third-order valence-corrected chi connectivity index (χ3v) is 9.71. The number of benzene rings is 3. The number of rotatable bonds is 20. The monoisotopic (exact) mass is 706 g/mol. The maximum Gasteiger partial charge on any atom is 0.408 e. The van der Waals surface area contributed by atoms with E-state index in [1.54, 1.807) is 24.3 Å². The van der Waals surface area contributed by atoms with Crippen molar-refractivity contribution in [3.05, 3.63) is 102 Å². The second-order valence-electron chi connectivity index (χ2n) is 12.9. The summed E-state index contributed by atoms with van der Waals surface area (Å²) in [6.45, 7) is 5.86. The fourth-order valence-corrected chi connectivity index (χ4v) is 6.92. The lowest BCUT2D eigenvalue weighted by molar-refractivity contribution is -0.129. The molecule has 0 spiro atoms. The number of ether oxygens (including phenoxy) is 1. The molecule has 2 unspecified atom stereocenters. The molecule has 4 amide bonds. The molecule has 3 rings (SSSR count). The fraction of sp³-hybridized carbons (Fsp3) is 0.421. The van der Waals surface area contributed by atoms with E-state index < -0.39 is 55.7 Å². The second kappa shape index (κ2) is 20.9. The molecule has 11 nitrogen and oxygen atoms in total. The van der Waals surface area contributed by atoms with Gasteiger partial charge in [-0.25, -0.2) is 4.79 Å². The van der Waals surface area contributed by atoms with Crippen molar-refractivity contribution in [3.8, 4) is 0 Å². The largest absolute Gasteiger partial charge is 0.445 e. The molecular weight excluding hydrogens is 655 g/mol. The minimum absolute atomic E-state index is 0.0268. The van der Waals surface area contributed by atoms with Gasteiger partial charge in [0.15, 0.2) is 0 Å². The summed E-state index contributed by atoms with van der Waals surface area (Å²) in [6, 6.07) is 25.7. The molecule has 50 heavy (non-hydrogen) atoms. The van der Waals surface area contributed by atoms with Crippen LogP contribution in [0.2, 0.25) is 0 Å². The number of alkyl carbamates (subject to hydrolysis) is 1. The minimum Gasteiger partial charge on any atom is -0.445 e. The quantitative estimate of drug-likeness (QED) is 0.0870. The van der Waals surface area contributed by atoms with Crippen molar-refractivity contribution in [2.45, 2.75) is 78.0 Å². The van der Waals surface area contributed by atoms with Gasteiger partial charge in [0.25, 0.3) is 0 Å². The Hall–Kier alpha value is -4.47. The van der Waals surface area contributed by atoms with Gasteiger partial charge in [0.1, 0.15) is 18.7 Å². The summed E-state index contributed by atoms with van der Waals surface area (Å²) >= 11 is 0. The van der Waals surface area contributed by atoms with Crippen LogP contribution in [0.1, 0.15) is 64.0 Å². The van der Waals surface area contributed by atoms with E-state index in [1.165, 1.54) is 0 Å². The highest BCUT2D eigenvalue weighted by atomic mass is 31.2. The third kappa shape index (κ3) is 15.0. The van der Waals surface area contributed by atoms with Crippen molar-refractivity contribution < 1.29 is 33.4 Å². The molecular formula is C38H51N4O7P. The van der Waals surface area contributed by atoms with E-state index in [1.807, 2.05) is 87.5 Å². The van der Waals surface area contributed by atoms with E-state index in [2.05, 4.69) is 21.3 Å². The van der Waals surface area contributed by atoms with Gasteiger partial charge in [-0.3, -0.25) is 18.9 Å². The lowest BCUT2D eigenvalue weighted by Crippen LogP contribution is -2.48. The molecule has 0 aromatic heterocycles. The number of anilines is 1. The van der Waals surface area contributed by atoms with Crippen LogP contribution >= 0.6 is 7.37 Å². The van der Waals surface area contributed by atoms with Crippen LogP contribution in [-0.2, 0) is 36.7 Å². The van der Waals surface area contributed by atoms with Crippen molar-refractivity contribution in [3.63, 3.8) is 0 Å². The Kier molecular flexibility index (Phi) is 16.7. The van der Waals surface area contributed by atoms with E-state index >= 15 is 0 Å². The highest BCUT2D eigenvalue weighted by Crippen LogP contribution is 2.42. The maximum absolute atomic E-state index is 13.8. The Morgan fingerprint density at radius 3 is 1.96 bits per heavy atom. The van der Waals surface area contributed by atoms with Gasteiger partial charge in [-0.05, 0) is 54.9 Å². The summed E-state index contributed by atoms with van der Waals surface area (Å²) in [5.41, 5.74) is 2.33. The first kappa shape index (κ1) is 40.0. The summed E-state index contributed by atoms with van der Waals surface area (Å²) in [5.74, 6) is -2.37. The molecule has 3 aromatic carbocycles. The van der Waals surface area contributed by atoms with E-state index in [9.17, 15) is 28.6 Å². The first-order chi connectivity index (χ1) is 24.0. The predicted octanol–water partition coefficient (Wildman–Crippen LogP) is 6.23. The van der Waals surface area contributed by atoms with Gasteiger partial charge in [-0.1, -0.05) is 112 Å². The van der Waals surface area contributed by atoms with Crippen LogP contribution in [-0.4, -0.2) is 53.2 Å². The normalized spacial score (nSPS) is 14.0. The fourth-order valence-electron chi connectivity index (χ4n) is 5.35. The number of hydrogen-bond acceptors (Lipinski definition) is 6. The van der Waals surface area contributed by atoms with Gasteiger partial charge >= 0.3 is 6.09 Å². The summed E-state index contributed by atoms with van der Waals surface area (Å²) in [4.78, 5) is 63.8. The lowest BCUT2D eigenvalue weighted by atomic mass is 9.98. The van der Waals surface area contributed by atoms with Crippen LogP contribution in [0.3, 0.4) is 0 Å². The van der Waals surface area contributed by atoms with Crippen LogP contribution in [0, 0.1) is 11.8 Å². The first-order valence-electron chi connectivity index (χ1n) is 17.2. The topological polar surface area (TPSA) is 163 Å². The molecule has 0 aliphatic heterocycles. The van der Waals surface area contributed by atoms with Crippen LogP contribution < -0.4 is 21.3 Å². The SMILES string of the molecule is CCCC[C@H](NC(=O)OCc1ccccc1)C(=O)NCP(=O)(O)CC(CCc1ccccc1)C(=O)N[C@@H](CC(C)C)C(=O)Nc1ccccc1. The Balaban J connectivity index is 1.68. The lowest BCUT2D eigenvalue weighted by Gasteiger charge is -2.25. The van der Waals surface area contributed by atoms with Gasteiger partial charge in [-0.15, -0.1) is 0 Å². The number of carbonyl (C=O) groups excluding carboxylic acids is 4. The average Bonchev–Trinajstić information content (AvgIpc) is 3.10. The van der Waals surface area contributed by atoms with Crippen molar-refractivity contribution >= 4 is 36.9 Å². The Labute approximate surface area is 295 Å². The number of para-hydroxylation sites is 1. The molecule has 270 valence electrons. The molecule has 5 N–H and O–H groups in total. The van der Waals surface area contributed by atoms with Crippen molar-refractivity contribution in [1.82, 2.24) is 16.0 Å². The standard InChI is InChI=1S/C38H51N4O7P/c1-4-5-21-33(42-38(46)49-25-30-17-11-7-12-18-30)36(44)39-27-50(47,48)26-31(23-22-29-15-9-6-10-16-29)35(43)41-34(24-28(2)3)37(45)40-32-19-13-8-14-20-32/h6-20,28,31,33-34H,4-5,21-27H2,1-3H3,(H,39,44)(H,40,45)(H,41,43)(H,42,46)(H,47,48)/t31?,33-,34-/m0/s1. The average molecular weight is 707 g/mol. The second-order valence-corrected chi connectivity index (χ2v) is 15.3. The van der Waals surface area contributed by atoms with Gasteiger partial charge in [0.2, 0.25) is 25.1 Å². The molecule has 0 fully saturated rings. The maximum atomic E-state index is 13.8. The number of hydrogen-bond donors (Lipinski definition) is 5. The number of carbonyl (C=O) groups is 4. The van der Waals surface area contributed by atoms with Gasteiger partial charge in [-0.2, -0.15) is 0 Å². The third-order valence-electron chi connectivity index (χ3n) is 8.05. The number of amides is 4. The van der Waals surface area contributed by atoms with E-state index in [4.69, 9.17) is 4.74 Å². The Bertz CT molecular complexity index is 1540. The summed E-state index contributed by atoms with van der Waals surface area (Å²) in [5, 5.41) is 10.8. The summed E-state index contributed by atoms with van der Waals surface area (Å²) in [7, 11) is -4.12. The van der Waals surface area contributed by atoms with Crippen molar-refractivity contribution in [1.29, 1.82) is 0 Å². The van der Waals surface area contributed by atoms with Crippen LogP contribution in [0.5, 0.6) is 0 Å². The summed E-state index contributed by atoms with van der Waals surface area (Å²) in [6.07, 6.45) is 1.00. The van der Waals surface area contributed by atoms with Gasteiger partial charge < -0.3 is 30.9 Å². The Morgan fingerprint density at radius 2 is 1.36 bits per heavy atom. The van der Waals surface area contributed by atoms with Crippen LogP contribution in [0.25, 0.3) is 0 Å². The molecule has 0 saturated heterocycles. The highest BCUT2D eigenvalue weighted by molar-refractivity contribution is 7.58. The molecule has 12 heteroatoms. The van der Waals surface area contributed by atoms with E-state index in [0.717, 1.165) is 17.5 Å². The smallest absolute Gasteiger partial charge is 0.408 e. The number of aryl methyl sites for hydroxylation is 1. The van der Waals surface area contributed by atoms with Crippen LogP contribution in [0.4, 0.5) is 10.5 Å².